The molecule has 0 amide bonds. The number of ether oxygens (including phenoxy) is 2. The van der Waals surface area contributed by atoms with Gasteiger partial charge in [-0.1, -0.05) is 11.6 Å². The molecular formula is C9H16O2. The number of rotatable bonds is 3. The first-order valence-electron chi connectivity index (χ1n) is 4.11. The highest BCUT2D eigenvalue weighted by Crippen LogP contribution is 2.19. The van der Waals surface area contributed by atoms with Crippen LogP contribution in [0.2, 0.25) is 0 Å². The highest BCUT2D eigenvalue weighted by molar-refractivity contribution is 5.05. The van der Waals surface area contributed by atoms with Gasteiger partial charge >= 0.3 is 0 Å². The van der Waals surface area contributed by atoms with Gasteiger partial charge in [0.15, 0.2) is 0 Å². The summed E-state index contributed by atoms with van der Waals surface area (Å²) in [5.41, 5.74) is 1.44. The molecule has 1 aliphatic carbocycles. The third kappa shape index (κ3) is 3.04. The first-order chi connectivity index (χ1) is 5.33. The lowest BCUT2D eigenvalue weighted by Gasteiger charge is -2.19. The van der Waals surface area contributed by atoms with Gasteiger partial charge in [-0.05, 0) is 26.2 Å². The molecule has 2 heteroatoms. The Bertz CT molecular complexity index is 140. The average molecular weight is 156 g/mol. The highest BCUT2D eigenvalue weighted by Gasteiger charge is 2.10. The van der Waals surface area contributed by atoms with E-state index in [9.17, 15) is 0 Å². The van der Waals surface area contributed by atoms with E-state index in [0.29, 0.717) is 12.9 Å². The minimum atomic E-state index is 0.295. The van der Waals surface area contributed by atoms with Gasteiger partial charge in [-0.3, -0.25) is 0 Å². The third-order valence-electron chi connectivity index (χ3n) is 1.93. The fourth-order valence-electron chi connectivity index (χ4n) is 1.35. The zero-order valence-electron chi connectivity index (χ0n) is 7.30. The Morgan fingerprint density at radius 3 is 3.09 bits per heavy atom. The predicted molar refractivity (Wildman–Crippen MR) is 44.4 cm³/mol. The molecule has 0 N–H and O–H groups in total. The van der Waals surface area contributed by atoms with E-state index < -0.39 is 0 Å². The Morgan fingerprint density at radius 2 is 2.45 bits per heavy atom. The van der Waals surface area contributed by atoms with E-state index in [-0.39, 0.29) is 0 Å². The maximum absolute atomic E-state index is 5.40. The summed E-state index contributed by atoms with van der Waals surface area (Å²) in [5, 5.41) is 0. The average Bonchev–Trinajstić information content (AvgIpc) is 2.01. The smallest absolute Gasteiger partial charge is 0.147 e. The maximum Gasteiger partial charge on any atom is 0.147 e. The molecule has 0 bridgehead atoms. The molecule has 1 aliphatic rings. The van der Waals surface area contributed by atoms with Crippen LogP contribution in [0.15, 0.2) is 11.6 Å². The van der Waals surface area contributed by atoms with Crippen molar-refractivity contribution in [3.05, 3.63) is 11.6 Å². The fourth-order valence-corrected chi connectivity index (χ4v) is 1.35. The van der Waals surface area contributed by atoms with Crippen LogP contribution in [-0.4, -0.2) is 20.0 Å². The van der Waals surface area contributed by atoms with Crippen molar-refractivity contribution in [3.63, 3.8) is 0 Å². The van der Waals surface area contributed by atoms with Gasteiger partial charge in [-0.15, -0.1) is 0 Å². The van der Waals surface area contributed by atoms with Gasteiger partial charge in [0.05, 0.1) is 6.10 Å². The summed E-state index contributed by atoms with van der Waals surface area (Å²) in [4.78, 5) is 0. The Labute approximate surface area is 68.2 Å². The van der Waals surface area contributed by atoms with Gasteiger partial charge < -0.3 is 9.47 Å². The van der Waals surface area contributed by atoms with Crippen LogP contribution in [0.3, 0.4) is 0 Å². The Hall–Kier alpha value is -0.340. The molecule has 0 saturated heterocycles. The highest BCUT2D eigenvalue weighted by atomic mass is 16.7. The largest absolute Gasteiger partial charge is 0.359 e. The predicted octanol–water partition coefficient (Wildman–Crippen LogP) is 2.11. The molecule has 0 spiro atoms. The van der Waals surface area contributed by atoms with Gasteiger partial charge in [-0.2, -0.15) is 0 Å². The molecule has 0 heterocycles. The zero-order chi connectivity index (χ0) is 8.10. The van der Waals surface area contributed by atoms with Gasteiger partial charge in [-0.25, -0.2) is 0 Å². The van der Waals surface area contributed by atoms with Crippen molar-refractivity contribution < 1.29 is 9.47 Å². The van der Waals surface area contributed by atoms with Crippen molar-refractivity contribution in [2.75, 3.05) is 13.9 Å². The van der Waals surface area contributed by atoms with Crippen LogP contribution in [0.25, 0.3) is 0 Å². The summed E-state index contributed by atoms with van der Waals surface area (Å²) < 4.78 is 10.2. The Morgan fingerprint density at radius 1 is 1.64 bits per heavy atom. The van der Waals surface area contributed by atoms with E-state index in [1.165, 1.54) is 18.4 Å². The van der Waals surface area contributed by atoms with Gasteiger partial charge in [0.2, 0.25) is 0 Å². The normalized spacial score (nSPS) is 24.9. The number of hydrogen-bond donors (Lipinski definition) is 0. The van der Waals surface area contributed by atoms with Crippen molar-refractivity contribution in [2.24, 2.45) is 0 Å². The Kier molecular flexibility index (Phi) is 3.60. The summed E-state index contributed by atoms with van der Waals surface area (Å²) >= 11 is 0. The maximum atomic E-state index is 5.40. The van der Waals surface area contributed by atoms with Crippen LogP contribution in [-0.2, 0) is 9.47 Å². The SMILES string of the molecule is COCOC1C=C(C)CCC1. The van der Waals surface area contributed by atoms with Crippen LogP contribution in [0.4, 0.5) is 0 Å². The van der Waals surface area contributed by atoms with E-state index in [1.807, 2.05) is 0 Å². The van der Waals surface area contributed by atoms with E-state index >= 15 is 0 Å². The van der Waals surface area contributed by atoms with E-state index in [4.69, 9.17) is 9.47 Å². The number of allylic oxidation sites excluding steroid dienone is 1. The van der Waals surface area contributed by atoms with Crippen LogP contribution >= 0.6 is 0 Å². The van der Waals surface area contributed by atoms with Crippen LogP contribution in [0.1, 0.15) is 26.2 Å². The second kappa shape index (κ2) is 4.52. The van der Waals surface area contributed by atoms with Crippen molar-refractivity contribution in [1.82, 2.24) is 0 Å². The van der Waals surface area contributed by atoms with Crippen LogP contribution in [0, 0.1) is 0 Å². The molecule has 0 aliphatic heterocycles. The fraction of sp³-hybridized carbons (Fsp3) is 0.778. The molecule has 2 nitrogen and oxygen atoms in total. The Balaban J connectivity index is 2.28. The molecule has 0 saturated carbocycles. The molecule has 0 radical (unpaired) electrons. The topological polar surface area (TPSA) is 18.5 Å². The van der Waals surface area contributed by atoms with E-state index in [0.717, 1.165) is 6.42 Å². The lowest BCUT2D eigenvalue weighted by molar-refractivity contribution is -0.0593. The van der Waals surface area contributed by atoms with Gasteiger partial charge in [0.1, 0.15) is 6.79 Å². The quantitative estimate of drug-likeness (QED) is 0.460. The molecule has 0 aromatic heterocycles. The molecule has 11 heavy (non-hydrogen) atoms. The zero-order valence-corrected chi connectivity index (χ0v) is 7.30. The molecular weight excluding hydrogens is 140 g/mol. The molecule has 64 valence electrons. The summed E-state index contributed by atoms with van der Waals surface area (Å²) in [6.07, 6.45) is 6.11. The van der Waals surface area contributed by atoms with Crippen molar-refractivity contribution in [3.8, 4) is 0 Å². The van der Waals surface area contributed by atoms with Crippen LogP contribution in [0.5, 0.6) is 0 Å². The molecule has 0 aromatic carbocycles. The summed E-state index contributed by atoms with van der Waals surface area (Å²) in [6, 6.07) is 0. The molecule has 1 rings (SSSR count). The van der Waals surface area contributed by atoms with Crippen molar-refractivity contribution in [1.29, 1.82) is 0 Å². The van der Waals surface area contributed by atoms with Crippen LogP contribution < -0.4 is 0 Å². The number of methoxy groups -OCH3 is 1. The monoisotopic (exact) mass is 156 g/mol. The first kappa shape index (κ1) is 8.75. The minimum absolute atomic E-state index is 0.295. The van der Waals surface area contributed by atoms with Gasteiger partial charge in [0.25, 0.3) is 0 Å². The summed E-state index contributed by atoms with van der Waals surface area (Å²) in [5.74, 6) is 0. The third-order valence-corrected chi connectivity index (χ3v) is 1.93. The number of hydrogen-bond acceptors (Lipinski definition) is 2. The molecule has 1 atom stereocenters. The molecule has 0 fully saturated rings. The first-order valence-corrected chi connectivity index (χ1v) is 4.11. The molecule has 0 aromatic rings. The van der Waals surface area contributed by atoms with Crippen molar-refractivity contribution in [2.45, 2.75) is 32.3 Å². The van der Waals surface area contributed by atoms with Gasteiger partial charge in [0, 0.05) is 7.11 Å². The van der Waals surface area contributed by atoms with E-state index in [2.05, 4.69) is 13.0 Å². The second-order valence-corrected chi connectivity index (χ2v) is 3.02. The lowest BCUT2D eigenvalue weighted by atomic mass is 9.99. The summed E-state index contributed by atoms with van der Waals surface area (Å²) in [6.45, 7) is 2.57. The standard InChI is InChI=1S/C9H16O2/c1-8-4-3-5-9(6-8)11-7-10-2/h6,9H,3-5,7H2,1-2H3. The minimum Gasteiger partial charge on any atom is -0.359 e. The second-order valence-electron chi connectivity index (χ2n) is 3.02. The molecule has 1 unspecified atom stereocenters. The van der Waals surface area contributed by atoms with Crippen molar-refractivity contribution >= 4 is 0 Å². The lowest BCUT2D eigenvalue weighted by Crippen LogP contribution is -2.15. The van der Waals surface area contributed by atoms with E-state index in [1.54, 1.807) is 7.11 Å². The summed E-state index contributed by atoms with van der Waals surface area (Å²) in [7, 11) is 1.65.